The number of aromatic hydroxyl groups is 1. The lowest BCUT2D eigenvalue weighted by Crippen LogP contribution is -2.25. The van der Waals surface area contributed by atoms with E-state index < -0.39 is 0 Å². The summed E-state index contributed by atoms with van der Waals surface area (Å²) in [4.78, 5) is 11.7. The Morgan fingerprint density at radius 1 is 1.33 bits per heavy atom. The van der Waals surface area contributed by atoms with Crippen molar-refractivity contribution in [3.05, 3.63) is 52.0 Å². The van der Waals surface area contributed by atoms with E-state index in [0.29, 0.717) is 15.8 Å². The third-order valence-corrected chi connectivity index (χ3v) is 3.75. The minimum absolute atomic E-state index is 0.0133. The fraction of sp³-hybridized carbons (Fsp3) is 0.176. The molecule has 24 heavy (non-hydrogen) atoms. The highest BCUT2D eigenvalue weighted by Gasteiger charge is 2.07. The van der Waals surface area contributed by atoms with Gasteiger partial charge in [0.15, 0.2) is 11.5 Å². The molecule has 0 aliphatic rings. The first kappa shape index (κ1) is 17.8. The van der Waals surface area contributed by atoms with Gasteiger partial charge in [0.25, 0.3) is 5.91 Å². The maximum Gasteiger partial charge on any atom is 0.259 e. The minimum Gasteiger partial charge on any atom is -0.504 e. The number of aryl methyl sites for hydroxylation is 1. The van der Waals surface area contributed by atoms with Crippen molar-refractivity contribution in [3.63, 3.8) is 0 Å². The molecule has 0 atom stereocenters. The standard InChI is InChI=1S/C17H18BrN3O3/c1-11-3-5-13(6-4-11)19-10-16(23)21-20-9-12-7-14(18)17(24-2)15(22)8-12/h3-9,19,22H,10H2,1-2H3,(H,21,23)/b20-9+. The van der Waals surface area contributed by atoms with E-state index in [9.17, 15) is 9.90 Å². The minimum atomic E-state index is -0.274. The van der Waals surface area contributed by atoms with E-state index in [2.05, 4.69) is 31.8 Å². The molecule has 0 aliphatic heterocycles. The number of carbonyl (C=O) groups is 1. The Morgan fingerprint density at radius 2 is 2.04 bits per heavy atom. The Kier molecular flexibility index (Phi) is 6.20. The molecule has 0 saturated heterocycles. The van der Waals surface area contributed by atoms with E-state index in [-0.39, 0.29) is 18.2 Å². The van der Waals surface area contributed by atoms with Crippen molar-refractivity contribution in [3.8, 4) is 11.5 Å². The Balaban J connectivity index is 1.87. The molecule has 0 heterocycles. The molecule has 0 radical (unpaired) electrons. The van der Waals surface area contributed by atoms with Crippen molar-refractivity contribution in [1.82, 2.24) is 5.43 Å². The number of hydrogen-bond donors (Lipinski definition) is 3. The predicted molar refractivity (Wildman–Crippen MR) is 97.8 cm³/mol. The number of amides is 1. The summed E-state index contributed by atoms with van der Waals surface area (Å²) in [5.74, 6) is 0.0581. The largest absolute Gasteiger partial charge is 0.504 e. The molecule has 0 aliphatic carbocycles. The Labute approximate surface area is 148 Å². The second-order valence-electron chi connectivity index (χ2n) is 5.07. The van der Waals surface area contributed by atoms with Crippen molar-refractivity contribution in [2.75, 3.05) is 19.0 Å². The summed E-state index contributed by atoms with van der Waals surface area (Å²) in [7, 11) is 1.47. The first-order valence-electron chi connectivity index (χ1n) is 7.18. The number of hydrazone groups is 1. The highest BCUT2D eigenvalue weighted by molar-refractivity contribution is 9.10. The molecular formula is C17H18BrN3O3. The monoisotopic (exact) mass is 391 g/mol. The summed E-state index contributed by atoms with van der Waals surface area (Å²) in [6, 6.07) is 11.0. The van der Waals surface area contributed by atoms with Gasteiger partial charge in [-0.05, 0) is 52.7 Å². The lowest BCUT2D eigenvalue weighted by atomic mass is 10.2. The maximum absolute atomic E-state index is 11.7. The summed E-state index contributed by atoms with van der Waals surface area (Å²) < 4.78 is 5.63. The molecule has 7 heteroatoms. The van der Waals surface area contributed by atoms with Crippen LogP contribution in [-0.4, -0.2) is 30.9 Å². The van der Waals surface area contributed by atoms with Gasteiger partial charge in [0.05, 0.1) is 24.3 Å². The number of anilines is 1. The number of hydrogen-bond acceptors (Lipinski definition) is 5. The number of benzene rings is 2. The average Bonchev–Trinajstić information content (AvgIpc) is 2.54. The van der Waals surface area contributed by atoms with Crippen molar-refractivity contribution in [2.24, 2.45) is 5.10 Å². The van der Waals surface area contributed by atoms with Crippen molar-refractivity contribution in [2.45, 2.75) is 6.92 Å². The Morgan fingerprint density at radius 3 is 2.67 bits per heavy atom. The average molecular weight is 392 g/mol. The van der Waals surface area contributed by atoms with Crippen LogP contribution in [-0.2, 0) is 4.79 Å². The number of methoxy groups -OCH3 is 1. The van der Waals surface area contributed by atoms with Gasteiger partial charge in [0.1, 0.15) is 0 Å². The molecule has 1 amide bonds. The molecule has 6 nitrogen and oxygen atoms in total. The summed E-state index contributed by atoms with van der Waals surface area (Å²) in [5, 5.41) is 16.7. The first-order valence-corrected chi connectivity index (χ1v) is 7.98. The van der Waals surface area contributed by atoms with Crippen molar-refractivity contribution in [1.29, 1.82) is 0 Å². The molecule has 2 aromatic carbocycles. The lowest BCUT2D eigenvalue weighted by molar-refractivity contribution is -0.119. The molecule has 3 N–H and O–H groups in total. The second kappa shape index (κ2) is 8.35. The third kappa shape index (κ3) is 4.99. The summed E-state index contributed by atoms with van der Waals surface area (Å²) in [5.41, 5.74) is 5.06. The van der Waals surface area contributed by atoms with Crippen LogP contribution in [0.5, 0.6) is 11.5 Å². The van der Waals surface area contributed by atoms with Crippen molar-refractivity contribution < 1.29 is 14.6 Å². The van der Waals surface area contributed by atoms with Gasteiger partial charge in [-0.25, -0.2) is 5.43 Å². The van der Waals surface area contributed by atoms with Crippen LogP contribution in [0, 0.1) is 6.92 Å². The van der Waals surface area contributed by atoms with Gasteiger partial charge in [-0.3, -0.25) is 4.79 Å². The predicted octanol–water partition coefficient (Wildman–Crippen LogP) is 3.03. The molecule has 2 rings (SSSR count). The number of ether oxygens (including phenoxy) is 1. The maximum atomic E-state index is 11.7. The zero-order valence-electron chi connectivity index (χ0n) is 13.3. The number of phenols is 1. The molecular weight excluding hydrogens is 374 g/mol. The highest BCUT2D eigenvalue weighted by atomic mass is 79.9. The van der Waals surface area contributed by atoms with E-state index in [1.807, 2.05) is 31.2 Å². The van der Waals surface area contributed by atoms with E-state index in [1.165, 1.54) is 19.4 Å². The molecule has 0 spiro atoms. The topological polar surface area (TPSA) is 83.0 Å². The highest BCUT2D eigenvalue weighted by Crippen LogP contribution is 2.34. The quantitative estimate of drug-likeness (QED) is 0.521. The first-order chi connectivity index (χ1) is 11.5. The molecule has 0 aromatic heterocycles. The number of carbonyl (C=O) groups excluding carboxylic acids is 1. The van der Waals surface area contributed by atoms with Crippen molar-refractivity contribution >= 4 is 33.7 Å². The Hall–Kier alpha value is -2.54. The zero-order chi connectivity index (χ0) is 17.5. The van der Waals surface area contributed by atoms with Gasteiger partial charge in [0.2, 0.25) is 0 Å². The molecule has 0 bridgehead atoms. The summed E-state index contributed by atoms with van der Waals surface area (Å²) in [6.07, 6.45) is 1.44. The summed E-state index contributed by atoms with van der Waals surface area (Å²) in [6.45, 7) is 2.11. The smallest absolute Gasteiger partial charge is 0.259 e. The van der Waals surface area contributed by atoms with Crippen LogP contribution in [0.2, 0.25) is 0 Å². The van der Waals surface area contributed by atoms with Crippen LogP contribution < -0.4 is 15.5 Å². The number of nitrogens with zero attached hydrogens (tertiary/aromatic N) is 1. The van der Waals surface area contributed by atoms with Gasteiger partial charge in [-0.1, -0.05) is 17.7 Å². The van der Waals surface area contributed by atoms with Crippen LogP contribution in [0.15, 0.2) is 46.0 Å². The lowest BCUT2D eigenvalue weighted by Gasteiger charge is -2.07. The van der Waals surface area contributed by atoms with Crippen LogP contribution in [0.4, 0.5) is 5.69 Å². The van der Waals surface area contributed by atoms with E-state index in [0.717, 1.165) is 11.3 Å². The van der Waals surface area contributed by atoms with E-state index in [4.69, 9.17) is 4.74 Å². The summed E-state index contributed by atoms with van der Waals surface area (Å²) >= 11 is 3.29. The van der Waals surface area contributed by atoms with E-state index in [1.54, 1.807) is 6.07 Å². The number of rotatable bonds is 6. The molecule has 126 valence electrons. The molecule has 0 saturated carbocycles. The number of halogens is 1. The molecule has 2 aromatic rings. The van der Waals surface area contributed by atoms with Crippen LogP contribution in [0.25, 0.3) is 0 Å². The number of nitrogens with one attached hydrogen (secondary N) is 2. The van der Waals surface area contributed by atoms with Crippen LogP contribution in [0.3, 0.4) is 0 Å². The molecule has 0 fully saturated rings. The SMILES string of the molecule is COc1c(O)cc(/C=N/NC(=O)CNc2ccc(C)cc2)cc1Br. The number of phenolic OH excluding ortho intramolecular Hbond substituents is 1. The van der Waals surface area contributed by atoms with Gasteiger partial charge >= 0.3 is 0 Å². The normalized spacial score (nSPS) is 10.6. The van der Waals surface area contributed by atoms with Gasteiger partial charge in [-0.2, -0.15) is 5.10 Å². The molecule has 0 unspecified atom stereocenters. The fourth-order valence-electron chi connectivity index (χ4n) is 1.95. The van der Waals surface area contributed by atoms with E-state index >= 15 is 0 Å². The zero-order valence-corrected chi connectivity index (χ0v) is 14.9. The third-order valence-electron chi connectivity index (χ3n) is 3.16. The van der Waals surface area contributed by atoms with Gasteiger partial charge in [0, 0.05) is 5.69 Å². The van der Waals surface area contributed by atoms with Gasteiger partial charge < -0.3 is 15.2 Å². The van der Waals surface area contributed by atoms with Crippen LogP contribution in [0.1, 0.15) is 11.1 Å². The van der Waals surface area contributed by atoms with Crippen LogP contribution >= 0.6 is 15.9 Å². The fourth-order valence-corrected chi connectivity index (χ4v) is 2.58. The van der Waals surface area contributed by atoms with Gasteiger partial charge in [-0.15, -0.1) is 0 Å². The second-order valence-corrected chi connectivity index (χ2v) is 5.92. The Bertz CT molecular complexity index is 722.